The number of halogens is 1. The van der Waals surface area contributed by atoms with Gasteiger partial charge in [-0.2, -0.15) is 0 Å². The minimum Gasteiger partial charge on any atom is -0.390 e. The molecule has 0 saturated carbocycles. The lowest BCUT2D eigenvalue weighted by atomic mass is 10.3. The number of hydrogen-bond acceptors (Lipinski definition) is 3. The monoisotopic (exact) mass is 275 g/mol. The molecule has 5 heteroatoms. The Hall–Kier alpha value is -1.88. The number of nitrogens with zero attached hydrogens (tertiary/aromatic N) is 2. The highest BCUT2D eigenvalue weighted by atomic mass is 32.1. The van der Waals surface area contributed by atoms with Gasteiger partial charge in [0.15, 0.2) is 0 Å². The lowest BCUT2D eigenvalue weighted by Gasteiger charge is -2.07. The van der Waals surface area contributed by atoms with Gasteiger partial charge in [-0.25, -0.2) is 9.37 Å². The van der Waals surface area contributed by atoms with Crippen molar-refractivity contribution in [3.8, 4) is 11.4 Å². The molecule has 3 rings (SSSR count). The molecule has 0 aliphatic rings. The summed E-state index contributed by atoms with van der Waals surface area (Å²) in [5.74, 6) is 0.579. The summed E-state index contributed by atoms with van der Waals surface area (Å²) in [5, 5.41) is 2.69. The molecule has 0 saturated heterocycles. The zero-order valence-electron chi connectivity index (χ0n) is 10.6. The molecule has 2 heterocycles. The van der Waals surface area contributed by atoms with Gasteiger partial charge in [0.2, 0.25) is 0 Å². The topological polar surface area (TPSA) is 43.8 Å². The Labute approximate surface area is 114 Å². The third-order valence-corrected chi connectivity index (χ3v) is 3.84. The molecule has 0 fully saturated rings. The van der Waals surface area contributed by atoms with E-state index in [1.165, 1.54) is 23.5 Å². The van der Waals surface area contributed by atoms with E-state index in [2.05, 4.69) is 11.9 Å². The van der Waals surface area contributed by atoms with Crippen molar-refractivity contribution in [1.82, 2.24) is 9.55 Å². The molecule has 3 aromatic rings. The summed E-state index contributed by atoms with van der Waals surface area (Å²) in [6, 6.07) is 6.64. The van der Waals surface area contributed by atoms with Crippen molar-refractivity contribution in [3.05, 3.63) is 35.5 Å². The smallest absolute Gasteiger partial charge is 0.144 e. The van der Waals surface area contributed by atoms with Gasteiger partial charge < -0.3 is 10.3 Å². The van der Waals surface area contributed by atoms with E-state index in [0.717, 1.165) is 40.4 Å². The predicted octanol–water partition coefficient (Wildman–Crippen LogP) is 3.90. The molecule has 0 amide bonds. The van der Waals surface area contributed by atoms with E-state index in [-0.39, 0.29) is 5.82 Å². The van der Waals surface area contributed by atoms with Gasteiger partial charge in [-0.15, -0.1) is 11.3 Å². The molecule has 98 valence electrons. The van der Waals surface area contributed by atoms with Crippen LogP contribution >= 0.6 is 11.3 Å². The van der Waals surface area contributed by atoms with Crippen molar-refractivity contribution in [2.45, 2.75) is 19.9 Å². The zero-order valence-corrected chi connectivity index (χ0v) is 11.4. The normalized spacial score (nSPS) is 11.3. The first-order valence-electron chi connectivity index (χ1n) is 6.20. The molecule has 0 radical (unpaired) electrons. The molecular weight excluding hydrogens is 261 g/mol. The Bertz CT molecular complexity index is 729. The third-order valence-electron chi connectivity index (χ3n) is 3.09. The van der Waals surface area contributed by atoms with Crippen LogP contribution in [0.4, 0.5) is 9.39 Å². The average molecular weight is 275 g/mol. The molecule has 2 aromatic heterocycles. The highest BCUT2D eigenvalue weighted by Crippen LogP contribution is 2.32. The van der Waals surface area contributed by atoms with Crippen molar-refractivity contribution in [2.24, 2.45) is 0 Å². The molecule has 0 aliphatic carbocycles. The second-order valence-electron chi connectivity index (χ2n) is 4.42. The van der Waals surface area contributed by atoms with E-state index >= 15 is 0 Å². The first-order valence-corrected chi connectivity index (χ1v) is 7.07. The average Bonchev–Trinajstić information content (AvgIpc) is 2.94. The summed E-state index contributed by atoms with van der Waals surface area (Å²) in [7, 11) is 0. The molecule has 3 nitrogen and oxygen atoms in total. The summed E-state index contributed by atoms with van der Waals surface area (Å²) in [6.45, 7) is 2.89. The van der Waals surface area contributed by atoms with Crippen LogP contribution in [0.2, 0.25) is 0 Å². The molecule has 0 spiro atoms. The summed E-state index contributed by atoms with van der Waals surface area (Å²) in [5.41, 5.74) is 8.53. The van der Waals surface area contributed by atoms with E-state index < -0.39 is 0 Å². The second kappa shape index (κ2) is 4.66. The molecule has 0 atom stereocenters. The van der Waals surface area contributed by atoms with Crippen LogP contribution in [-0.2, 0) is 6.54 Å². The number of anilines is 1. The number of thiophene rings is 1. The van der Waals surface area contributed by atoms with E-state index in [1.54, 1.807) is 6.07 Å². The fourth-order valence-electron chi connectivity index (χ4n) is 2.26. The highest BCUT2D eigenvalue weighted by Gasteiger charge is 2.15. The molecule has 0 aliphatic heterocycles. The molecule has 0 bridgehead atoms. The Morgan fingerprint density at radius 3 is 2.89 bits per heavy atom. The number of aromatic nitrogens is 2. The number of aryl methyl sites for hydroxylation is 1. The van der Waals surface area contributed by atoms with Gasteiger partial charge in [-0.3, -0.25) is 0 Å². The van der Waals surface area contributed by atoms with E-state index in [9.17, 15) is 4.39 Å². The third kappa shape index (κ3) is 2.00. The SMILES string of the molecule is CCCn1c(-c2ccsc2N)nc2ccc(F)cc21. The van der Waals surface area contributed by atoms with Gasteiger partial charge in [0.05, 0.1) is 21.6 Å². The maximum Gasteiger partial charge on any atom is 0.144 e. The van der Waals surface area contributed by atoms with E-state index in [1.807, 2.05) is 16.0 Å². The maximum absolute atomic E-state index is 13.4. The standard InChI is InChI=1S/C14H14FN3S/c1-2-6-18-12-8-9(15)3-4-11(12)17-14(18)10-5-7-19-13(10)16/h3-5,7-8H,2,6,16H2,1H3. The van der Waals surface area contributed by atoms with Crippen LogP contribution in [0.15, 0.2) is 29.6 Å². The van der Waals surface area contributed by atoms with Crippen molar-refractivity contribution in [1.29, 1.82) is 0 Å². The Morgan fingerprint density at radius 1 is 1.37 bits per heavy atom. The van der Waals surface area contributed by atoms with Crippen LogP contribution in [0.1, 0.15) is 13.3 Å². The minimum absolute atomic E-state index is 0.241. The van der Waals surface area contributed by atoms with Crippen molar-refractivity contribution in [3.63, 3.8) is 0 Å². The lowest BCUT2D eigenvalue weighted by molar-refractivity contribution is 0.627. The van der Waals surface area contributed by atoms with E-state index in [4.69, 9.17) is 5.73 Å². The first kappa shape index (κ1) is 12.2. The molecule has 2 N–H and O–H groups in total. The molecule has 0 unspecified atom stereocenters. The highest BCUT2D eigenvalue weighted by molar-refractivity contribution is 7.14. The van der Waals surface area contributed by atoms with Gasteiger partial charge in [-0.1, -0.05) is 6.92 Å². The van der Waals surface area contributed by atoms with Crippen LogP contribution in [0.5, 0.6) is 0 Å². The quantitative estimate of drug-likeness (QED) is 0.788. The fraction of sp³-hybridized carbons (Fsp3) is 0.214. The number of nitrogen functional groups attached to an aromatic ring is 1. The van der Waals surface area contributed by atoms with Crippen LogP contribution in [0.3, 0.4) is 0 Å². The molecular formula is C14H14FN3S. The number of benzene rings is 1. The summed E-state index contributed by atoms with van der Waals surface area (Å²) in [4.78, 5) is 4.60. The number of imidazole rings is 1. The van der Waals surface area contributed by atoms with Gasteiger partial charge in [-0.05, 0) is 36.1 Å². The Morgan fingerprint density at radius 2 is 2.21 bits per heavy atom. The number of hydrogen-bond donors (Lipinski definition) is 1. The first-order chi connectivity index (χ1) is 9.20. The van der Waals surface area contributed by atoms with E-state index in [0.29, 0.717) is 0 Å². The van der Waals surface area contributed by atoms with Crippen LogP contribution < -0.4 is 5.73 Å². The largest absolute Gasteiger partial charge is 0.390 e. The number of fused-ring (bicyclic) bond motifs is 1. The van der Waals surface area contributed by atoms with Gasteiger partial charge in [0.25, 0.3) is 0 Å². The number of nitrogens with two attached hydrogens (primary N) is 1. The van der Waals surface area contributed by atoms with Gasteiger partial charge in [0, 0.05) is 6.54 Å². The van der Waals surface area contributed by atoms with Crippen molar-refractivity contribution in [2.75, 3.05) is 5.73 Å². The zero-order chi connectivity index (χ0) is 13.4. The van der Waals surface area contributed by atoms with Crippen LogP contribution in [-0.4, -0.2) is 9.55 Å². The summed E-state index contributed by atoms with van der Waals surface area (Å²) >= 11 is 1.49. The van der Waals surface area contributed by atoms with Gasteiger partial charge in [0.1, 0.15) is 11.6 Å². The Kier molecular flexibility index (Phi) is 2.98. The number of rotatable bonds is 3. The van der Waals surface area contributed by atoms with Crippen molar-refractivity contribution < 1.29 is 4.39 Å². The van der Waals surface area contributed by atoms with Gasteiger partial charge >= 0.3 is 0 Å². The molecule has 19 heavy (non-hydrogen) atoms. The predicted molar refractivity (Wildman–Crippen MR) is 77.7 cm³/mol. The van der Waals surface area contributed by atoms with Crippen LogP contribution in [0.25, 0.3) is 22.4 Å². The molecule has 1 aromatic carbocycles. The lowest BCUT2D eigenvalue weighted by Crippen LogP contribution is -2.00. The van der Waals surface area contributed by atoms with Crippen molar-refractivity contribution >= 4 is 27.4 Å². The van der Waals surface area contributed by atoms with Crippen LogP contribution in [0, 0.1) is 5.82 Å². The fourth-order valence-corrected chi connectivity index (χ4v) is 2.89. The Balaban J connectivity index is 2.29. The summed E-state index contributed by atoms with van der Waals surface area (Å²) in [6.07, 6.45) is 0.957. The maximum atomic E-state index is 13.4. The summed E-state index contributed by atoms with van der Waals surface area (Å²) < 4.78 is 15.5. The minimum atomic E-state index is -0.241. The second-order valence-corrected chi connectivity index (χ2v) is 5.37.